The highest BCUT2D eigenvalue weighted by atomic mass is 16.5. The highest BCUT2D eigenvalue weighted by molar-refractivity contribution is 5.48. The lowest BCUT2D eigenvalue weighted by Gasteiger charge is -2.29. The fraction of sp³-hybridized carbons (Fsp3) is 0.471. The van der Waals surface area contributed by atoms with Crippen molar-refractivity contribution < 1.29 is 4.74 Å². The number of methoxy groups -OCH3 is 1. The topological polar surface area (TPSA) is 56.3 Å². The first kappa shape index (κ1) is 14.9. The molecule has 0 aliphatic carbocycles. The monoisotopic (exact) mass is 300 g/mol. The number of hydrogen-bond acceptors (Lipinski definition) is 4. The number of piperidine rings is 1. The zero-order valence-corrected chi connectivity index (χ0v) is 13.3. The van der Waals surface area contributed by atoms with Gasteiger partial charge >= 0.3 is 0 Å². The predicted octanol–water partition coefficient (Wildman–Crippen LogP) is 2.70. The van der Waals surface area contributed by atoms with Gasteiger partial charge in [0.05, 0.1) is 19.0 Å². The third kappa shape index (κ3) is 3.09. The van der Waals surface area contributed by atoms with Crippen LogP contribution in [-0.4, -0.2) is 34.9 Å². The molecule has 0 radical (unpaired) electrons. The molecular formula is C17H24N4O. The molecule has 1 aromatic heterocycles. The van der Waals surface area contributed by atoms with E-state index in [2.05, 4.69) is 16.9 Å². The normalized spacial score (nSPS) is 16.8. The molecule has 1 aromatic carbocycles. The summed E-state index contributed by atoms with van der Waals surface area (Å²) in [6.45, 7) is 5.50. The molecule has 0 atom stereocenters. The number of nitrogens with zero attached hydrogens (tertiary/aromatic N) is 3. The lowest BCUT2D eigenvalue weighted by molar-refractivity contribution is 0.185. The van der Waals surface area contributed by atoms with Gasteiger partial charge in [-0.25, -0.2) is 4.68 Å². The van der Waals surface area contributed by atoms with E-state index in [-0.39, 0.29) is 0 Å². The Morgan fingerprint density at radius 2 is 1.91 bits per heavy atom. The molecule has 2 N–H and O–H groups in total. The van der Waals surface area contributed by atoms with Crippen molar-refractivity contribution in [3.05, 3.63) is 36.0 Å². The number of anilines is 1. The lowest BCUT2D eigenvalue weighted by Crippen LogP contribution is -2.32. The molecular weight excluding hydrogens is 276 g/mol. The van der Waals surface area contributed by atoms with Gasteiger partial charge in [-0.3, -0.25) is 4.90 Å². The maximum absolute atomic E-state index is 6.29. The largest absolute Gasteiger partial charge is 0.497 e. The van der Waals surface area contributed by atoms with Crippen LogP contribution in [0.2, 0.25) is 0 Å². The van der Waals surface area contributed by atoms with Crippen molar-refractivity contribution in [2.45, 2.75) is 26.3 Å². The van der Waals surface area contributed by atoms with Crippen molar-refractivity contribution in [3.8, 4) is 11.4 Å². The molecule has 1 aliphatic heterocycles. The second-order valence-electron chi connectivity index (χ2n) is 6.12. The van der Waals surface area contributed by atoms with Crippen LogP contribution in [0, 0.1) is 5.92 Å². The van der Waals surface area contributed by atoms with Gasteiger partial charge in [0, 0.05) is 12.1 Å². The second kappa shape index (κ2) is 6.40. The van der Waals surface area contributed by atoms with E-state index in [1.54, 1.807) is 11.8 Å². The molecule has 0 bridgehead atoms. The first-order chi connectivity index (χ1) is 10.7. The summed E-state index contributed by atoms with van der Waals surface area (Å²) in [5, 5.41) is 4.45. The maximum Gasteiger partial charge on any atom is 0.131 e. The van der Waals surface area contributed by atoms with Gasteiger partial charge in [-0.1, -0.05) is 6.92 Å². The van der Waals surface area contributed by atoms with Crippen LogP contribution in [0.5, 0.6) is 5.75 Å². The number of nitrogen functional groups attached to an aromatic ring is 1. The summed E-state index contributed by atoms with van der Waals surface area (Å²) in [5.41, 5.74) is 8.35. The Balaban J connectivity index is 1.73. The molecule has 5 nitrogen and oxygen atoms in total. The van der Waals surface area contributed by atoms with E-state index < -0.39 is 0 Å². The summed E-state index contributed by atoms with van der Waals surface area (Å²) in [7, 11) is 1.66. The van der Waals surface area contributed by atoms with Crippen LogP contribution >= 0.6 is 0 Å². The molecule has 3 rings (SSSR count). The fourth-order valence-electron chi connectivity index (χ4n) is 2.90. The molecule has 118 valence electrons. The summed E-state index contributed by atoms with van der Waals surface area (Å²) in [5.74, 6) is 2.40. The summed E-state index contributed by atoms with van der Waals surface area (Å²) in [6.07, 6.45) is 4.43. The van der Waals surface area contributed by atoms with Crippen LogP contribution in [0.4, 0.5) is 5.82 Å². The fourth-order valence-corrected chi connectivity index (χ4v) is 2.90. The Hall–Kier alpha value is -2.01. The Labute approximate surface area is 131 Å². The number of likely N-dealkylation sites (tertiary alicyclic amines) is 1. The molecule has 2 aromatic rings. The third-order valence-electron chi connectivity index (χ3n) is 4.47. The van der Waals surface area contributed by atoms with Crippen molar-refractivity contribution in [3.63, 3.8) is 0 Å². The number of hydrogen-bond donors (Lipinski definition) is 1. The first-order valence-corrected chi connectivity index (χ1v) is 7.86. The maximum atomic E-state index is 6.29. The van der Waals surface area contributed by atoms with Crippen molar-refractivity contribution in [2.75, 3.05) is 25.9 Å². The highest BCUT2D eigenvalue weighted by Gasteiger charge is 2.18. The summed E-state index contributed by atoms with van der Waals surface area (Å²) in [6, 6.07) is 7.77. The van der Waals surface area contributed by atoms with Crippen LogP contribution in [0.3, 0.4) is 0 Å². The quantitative estimate of drug-likeness (QED) is 0.943. The van der Waals surface area contributed by atoms with Crippen LogP contribution in [0.15, 0.2) is 30.5 Å². The molecule has 2 heterocycles. The number of rotatable bonds is 4. The van der Waals surface area contributed by atoms with Crippen LogP contribution in [0.25, 0.3) is 5.69 Å². The summed E-state index contributed by atoms with van der Waals surface area (Å²) >= 11 is 0. The van der Waals surface area contributed by atoms with Crippen molar-refractivity contribution in [2.24, 2.45) is 5.92 Å². The second-order valence-corrected chi connectivity index (χ2v) is 6.12. The molecule has 1 fully saturated rings. The number of ether oxygens (including phenoxy) is 1. The highest BCUT2D eigenvalue weighted by Crippen LogP contribution is 2.23. The molecule has 0 unspecified atom stereocenters. The average Bonchev–Trinajstić information content (AvgIpc) is 2.91. The molecule has 0 spiro atoms. The van der Waals surface area contributed by atoms with E-state index in [1.165, 1.54) is 12.8 Å². The SMILES string of the molecule is COc1ccc(-n2ncc(CN3CCC(C)CC3)c2N)cc1. The first-order valence-electron chi connectivity index (χ1n) is 7.86. The number of nitrogens with two attached hydrogens (primary N) is 1. The van der Waals surface area contributed by atoms with E-state index in [9.17, 15) is 0 Å². The average molecular weight is 300 g/mol. The zero-order chi connectivity index (χ0) is 15.5. The van der Waals surface area contributed by atoms with E-state index in [1.807, 2.05) is 30.5 Å². The molecule has 1 saturated heterocycles. The van der Waals surface area contributed by atoms with E-state index >= 15 is 0 Å². The van der Waals surface area contributed by atoms with Crippen LogP contribution < -0.4 is 10.5 Å². The van der Waals surface area contributed by atoms with E-state index in [0.717, 1.165) is 48.4 Å². The molecule has 22 heavy (non-hydrogen) atoms. The minimum Gasteiger partial charge on any atom is -0.497 e. The van der Waals surface area contributed by atoms with Gasteiger partial charge in [-0.05, 0) is 56.1 Å². The van der Waals surface area contributed by atoms with Crippen LogP contribution in [-0.2, 0) is 6.54 Å². The summed E-state index contributed by atoms with van der Waals surface area (Å²) < 4.78 is 6.98. The van der Waals surface area contributed by atoms with Crippen molar-refractivity contribution in [1.82, 2.24) is 14.7 Å². The molecule has 0 amide bonds. The van der Waals surface area contributed by atoms with Gasteiger partial charge in [0.25, 0.3) is 0 Å². The zero-order valence-electron chi connectivity index (χ0n) is 13.3. The molecule has 1 aliphatic rings. The Bertz CT molecular complexity index is 612. The van der Waals surface area contributed by atoms with E-state index in [4.69, 9.17) is 10.5 Å². The predicted molar refractivity (Wildman–Crippen MR) is 88.2 cm³/mol. The van der Waals surface area contributed by atoms with Gasteiger partial charge in [0.2, 0.25) is 0 Å². The number of benzene rings is 1. The van der Waals surface area contributed by atoms with Gasteiger partial charge in [-0.15, -0.1) is 0 Å². The smallest absolute Gasteiger partial charge is 0.131 e. The lowest BCUT2D eigenvalue weighted by atomic mass is 9.99. The Kier molecular flexibility index (Phi) is 4.34. The van der Waals surface area contributed by atoms with Gasteiger partial charge in [0.15, 0.2) is 0 Å². The van der Waals surface area contributed by atoms with Gasteiger partial charge < -0.3 is 10.5 Å². The summed E-state index contributed by atoms with van der Waals surface area (Å²) in [4.78, 5) is 2.46. The third-order valence-corrected chi connectivity index (χ3v) is 4.47. The molecule has 5 heteroatoms. The molecule has 0 saturated carbocycles. The Morgan fingerprint density at radius 3 is 2.55 bits per heavy atom. The van der Waals surface area contributed by atoms with Crippen LogP contribution in [0.1, 0.15) is 25.3 Å². The minimum absolute atomic E-state index is 0.726. The van der Waals surface area contributed by atoms with Crippen molar-refractivity contribution >= 4 is 5.82 Å². The van der Waals surface area contributed by atoms with Gasteiger partial charge in [-0.2, -0.15) is 5.10 Å². The Morgan fingerprint density at radius 1 is 1.23 bits per heavy atom. The van der Waals surface area contributed by atoms with Crippen molar-refractivity contribution in [1.29, 1.82) is 0 Å². The number of aromatic nitrogens is 2. The van der Waals surface area contributed by atoms with E-state index in [0.29, 0.717) is 0 Å². The minimum atomic E-state index is 0.726. The standard InChI is InChI=1S/C17H24N4O/c1-13-7-9-20(10-8-13)12-14-11-19-21(17(14)18)15-3-5-16(22-2)6-4-15/h3-6,11,13H,7-10,12,18H2,1-2H3. The van der Waals surface area contributed by atoms with Gasteiger partial charge in [0.1, 0.15) is 11.6 Å².